The second kappa shape index (κ2) is 9.32. The third kappa shape index (κ3) is 4.69. The van der Waals surface area contributed by atoms with Crippen LogP contribution in [0.15, 0.2) is 67.1 Å². The van der Waals surface area contributed by atoms with Crippen molar-refractivity contribution in [3.8, 4) is 0 Å². The molecule has 2 N–H and O–H groups in total. The zero-order chi connectivity index (χ0) is 24.3. The minimum Gasteiger partial charge on any atom is -0.475 e. The number of aromatic nitrogens is 2. The van der Waals surface area contributed by atoms with Gasteiger partial charge in [0.2, 0.25) is 0 Å². The van der Waals surface area contributed by atoms with E-state index in [2.05, 4.69) is 40.3 Å². The number of pyridine rings is 1. The number of alkyl halides is 3. The normalized spacial score (nSPS) is 18.7. The smallest absolute Gasteiger partial charge is 0.475 e. The quantitative estimate of drug-likeness (QED) is 0.565. The summed E-state index contributed by atoms with van der Waals surface area (Å²) in [4.78, 5) is 31.0. The lowest BCUT2D eigenvalue weighted by atomic mass is 9.73. The van der Waals surface area contributed by atoms with E-state index in [0.717, 1.165) is 32.4 Å². The van der Waals surface area contributed by atoms with Crippen LogP contribution < -0.4 is 0 Å². The van der Waals surface area contributed by atoms with E-state index in [-0.39, 0.29) is 11.3 Å². The van der Waals surface area contributed by atoms with Crippen molar-refractivity contribution in [1.82, 2.24) is 14.9 Å². The second-order valence-electron chi connectivity index (χ2n) is 8.59. The number of fused-ring (bicyclic) bond motifs is 2. The van der Waals surface area contributed by atoms with E-state index >= 15 is 0 Å². The van der Waals surface area contributed by atoms with Crippen LogP contribution in [0.25, 0.3) is 0 Å². The number of H-pyrrole nitrogens is 1. The number of amides is 1. The first-order valence-electron chi connectivity index (χ1n) is 10.9. The third-order valence-corrected chi connectivity index (χ3v) is 6.67. The van der Waals surface area contributed by atoms with Crippen molar-refractivity contribution in [3.05, 3.63) is 89.5 Å². The molecule has 1 fully saturated rings. The Kier molecular flexibility index (Phi) is 6.45. The van der Waals surface area contributed by atoms with Gasteiger partial charge in [-0.05, 0) is 59.6 Å². The van der Waals surface area contributed by atoms with Crippen molar-refractivity contribution in [2.24, 2.45) is 0 Å². The van der Waals surface area contributed by atoms with Crippen LogP contribution in [-0.4, -0.2) is 51.1 Å². The third-order valence-electron chi connectivity index (χ3n) is 6.67. The van der Waals surface area contributed by atoms with Gasteiger partial charge in [0.25, 0.3) is 5.91 Å². The van der Waals surface area contributed by atoms with Crippen LogP contribution in [0.4, 0.5) is 13.2 Å². The molecule has 1 aliphatic carbocycles. The number of carbonyl (C=O) groups is 2. The van der Waals surface area contributed by atoms with Crippen molar-refractivity contribution in [1.29, 1.82) is 0 Å². The maximum atomic E-state index is 12.7. The zero-order valence-corrected chi connectivity index (χ0v) is 18.3. The lowest BCUT2D eigenvalue weighted by Gasteiger charge is -2.40. The maximum Gasteiger partial charge on any atom is 0.490 e. The van der Waals surface area contributed by atoms with E-state index in [4.69, 9.17) is 9.90 Å². The fourth-order valence-electron chi connectivity index (χ4n) is 5.02. The molecule has 5 rings (SSSR count). The van der Waals surface area contributed by atoms with Gasteiger partial charge in [-0.1, -0.05) is 30.3 Å². The Morgan fingerprint density at radius 2 is 1.76 bits per heavy atom. The summed E-state index contributed by atoms with van der Waals surface area (Å²) in [5.74, 6) is -2.24. The Morgan fingerprint density at radius 1 is 1.06 bits per heavy atom. The number of piperidine rings is 1. The molecule has 2 aromatic heterocycles. The Morgan fingerprint density at radius 3 is 2.35 bits per heavy atom. The molecule has 1 saturated heterocycles. The van der Waals surface area contributed by atoms with Gasteiger partial charge in [0, 0.05) is 37.6 Å². The summed E-state index contributed by atoms with van der Waals surface area (Å²) in [6.45, 7) is 1.62. The highest BCUT2D eigenvalue weighted by molar-refractivity contribution is 5.92. The van der Waals surface area contributed by atoms with E-state index in [1.165, 1.54) is 16.7 Å². The lowest BCUT2D eigenvalue weighted by molar-refractivity contribution is -0.192. The van der Waals surface area contributed by atoms with E-state index in [1.54, 1.807) is 0 Å². The number of nitrogens with zero attached hydrogens (tertiary/aromatic N) is 2. The van der Waals surface area contributed by atoms with Gasteiger partial charge in [-0.15, -0.1) is 0 Å². The fourth-order valence-corrected chi connectivity index (χ4v) is 5.02. The SMILES string of the molecule is O=C(O)C(F)(F)F.O=C(c1ccc[nH]1)N1CCC2(CC1)CC(c1cccnc1)c1ccccc12. The van der Waals surface area contributed by atoms with Gasteiger partial charge in [0.05, 0.1) is 0 Å². The van der Waals surface area contributed by atoms with Crippen LogP contribution in [0.3, 0.4) is 0 Å². The predicted molar refractivity (Wildman–Crippen MR) is 118 cm³/mol. The first-order chi connectivity index (χ1) is 16.2. The first kappa shape index (κ1) is 23.5. The molecule has 6 nitrogen and oxygen atoms in total. The highest BCUT2D eigenvalue weighted by atomic mass is 19.4. The van der Waals surface area contributed by atoms with E-state index < -0.39 is 12.1 Å². The van der Waals surface area contributed by atoms with Gasteiger partial charge >= 0.3 is 12.1 Å². The van der Waals surface area contributed by atoms with Crippen molar-refractivity contribution >= 4 is 11.9 Å². The van der Waals surface area contributed by atoms with Crippen molar-refractivity contribution in [3.63, 3.8) is 0 Å². The Labute approximate surface area is 194 Å². The minimum atomic E-state index is -5.08. The van der Waals surface area contributed by atoms with Crippen LogP contribution in [0.5, 0.6) is 0 Å². The topological polar surface area (TPSA) is 86.3 Å². The van der Waals surface area contributed by atoms with Crippen molar-refractivity contribution in [2.45, 2.75) is 36.8 Å². The summed E-state index contributed by atoms with van der Waals surface area (Å²) in [6.07, 6.45) is 3.72. The standard InChI is InChI=1S/C23H23N3O.C2HF3O2/c27-22(21-8-4-12-25-21)26-13-9-23(10-14-26)15-19(17-5-3-11-24-16-17)18-6-1-2-7-20(18)23;3-2(4,5)1(6)7/h1-8,11-12,16,19,25H,9-10,13-15H2;(H,6,7). The van der Waals surface area contributed by atoms with E-state index in [1.807, 2.05) is 41.7 Å². The number of aliphatic carboxylic acids is 1. The number of halogens is 3. The molecule has 0 radical (unpaired) electrons. The molecule has 1 aliphatic heterocycles. The van der Waals surface area contributed by atoms with Gasteiger partial charge < -0.3 is 15.0 Å². The van der Waals surface area contributed by atoms with Crippen LogP contribution in [0, 0.1) is 0 Å². The minimum absolute atomic E-state index is 0.116. The summed E-state index contributed by atoms with van der Waals surface area (Å²) in [5, 5.41) is 7.12. The summed E-state index contributed by atoms with van der Waals surface area (Å²) in [5.41, 5.74) is 5.07. The number of hydrogen-bond acceptors (Lipinski definition) is 3. The molecule has 3 aromatic rings. The summed E-state index contributed by atoms with van der Waals surface area (Å²) in [6, 6.07) is 16.8. The number of nitrogens with one attached hydrogen (secondary N) is 1. The van der Waals surface area contributed by atoms with Crippen LogP contribution in [0.1, 0.15) is 52.4 Å². The van der Waals surface area contributed by atoms with Gasteiger partial charge in [-0.3, -0.25) is 9.78 Å². The number of benzene rings is 1. The average Bonchev–Trinajstić information content (AvgIpc) is 3.48. The highest BCUT2D eigenvalue weighted by Gasteiger charge is 2.46. The lowest BCUT2D eigenvalue weighted by Crippen LogP contribution is -2.44. The van der Waals surface area contributed by atoms with Gasteiger partial charge in [-0.25, -0.2) is 4.79 Å². The fraction of sp³-hybridized carbons (Fsp3) is 0.320. The second-order valence-corrected chi connectivity index (χ2v) is 8.59. The van der Waals surface area contributed by atoms with Crippen LogP contribution in [-0.2, 0) is 10.2 Å². The number of carbonyl (C=O) groups excluding carboxylic acids is 1. The van der Waals surface area contributed by atoms with E-state index in [0.29, 0.717) is 11.6 Å². The molecule has 1 unspecified atom stereocenters. The maximum absolute atomic E-state index is 12.7. The van der Waals surface area contributed by atoms with Crippen LogP contribution in [0.2, 0.25) is 0 Å². The molecule has 9 heteroatoms. The van der Waals surface area contributed by atoms with Crippen molar-refractivity contribution < 1.29 is 27.9 Å². The van der Waals surface area contributed by atoms with Gasteiger partial charge in [0.15, 0.2) is 0 Å². The van der Waals surface area contributed by atoms with E-state index in [9.17, 15) is 18.0 Å². The van der Waals surface area contributed by atoms with Gasteiger partial charge in [0.1, 0.15) is 5.69 Å². The molecule has 0 bridgehead atoms. The molecule has 1 amide bonds. The molecular formula is C25H24F3N3O3. The molecule has 1 atom stereocenters. The number of carboxylic acid groups (broad SMARTS) is 1. The Bertz CT molecular complexity index is 1140. The zero-order valence-electron chi connectivity index (χ0n) is 18.3. The van der Waals surface area contributed by atoms with Crippen molar-refractivity contribution in [2.75, 3.05) is 13.1 Å². The number of carboxylic acids is 1. The first-order valence-corrected chi connectivity index (χ1v) is 10.9. The Hall–Kier alpha value is -3.62. The molecule has 0 saturated carbocycles. The highest BCUT2D eigenvalue weighted by Crippen LogP contribution is 2.53. The van der Waals surface area contributed by atoms with Gasteiger partial charge in [-0.2, -0.15) is 13.2 Å². The number of likely N-dealkylation sites (tertiary alicyclic amines) is 1. The number of aromatic amines is 1. The average molecular weight is 471 g/mol. The largest absolute Gasteiger partial charge is 0.490 e. The molecule has 1 spiro atoms. The molecule has 3 heterocycles. The molecule has 34 heavy (non-hydrogen) atoms. The molecular weight excluding hydrogens is 447 g/mol. The predicted octanol–water partition coefficient (Wildman–Crippen LogP) is 4.75. The summed E-state index contributed by atoms with van der Waals surface area (Å²) < 4.78 is 31.7. The van der Waals surface area contributed by atoms with Crippen LogP contribution >= 0.6 is 0 Å². The summed E-state index contributed by atoms with van der Waals surface area (Å²) in [7, 11) is 0. The molecule has 1 aromatic carbocycles. The number of rotatable bonds is 2. The molecule has 2 aliphatic rings. The Balaban J connectivity index is 0.000000344. The number of hydrogen-bond donors (Lipinski definition) is 2. The monoisotopic (exact) mass is 471 g/mol. The molecule has 178 valence electrons. The summed E-state index contributed by atoms with van der Waals surface area (Å²) >= 11 is 0.